The Kier molecular flexibility index (Phi) is 4.81. The molecule has 4 saturated carbocycles. The summed E-state index contributed by atoms with van der Waals surface area (Å²) in [5, 5.41) is 16.3. The Morgan fingerprint density at radius 1 is 1.14 bits per heavy atom. The lowest BCUT2D eigenvalue weighted by atomic mass is 9.48. The van der Waals surface area contributed by atoms with Crippen molar-refractivity contribution in [2.45, 2.75) is 51.5 Å². The molecule has 4 aliphatic rings. The molecule has 0 radical (unpaired) electrons. The van der Waals surface area contributed by atoms with Crippen molar-refractivity contribution in [3.8, 4) is 0 Å². The van der Waals surface area contributed by atoms with Crippen LogP contribution in [0.3, 0.4) is 0 Å². The molecule has 8 heteroatoms. The number of rotatable bonds is 4. The van der Waals surface area contributed by atoms with E-state index in [-0.39, 0.29) is 27.9 Å². The van der Waals surface area contributed by atoms with Gasteiger partial charge in [-0.1, -0.05) is 11.6 Å². The summed E-state index contributed by atoms with van der Waals surface area (Å²) < 4.78 is 0. The van der Waals surface area contributed by atoms with Crippen LogP contribution in [0.25, 0.3) is 0 Å². The number of carbonyl (C=O) groups excluding carboxylic acids is 2. The number of hydrogen-bond donors (Lipinski definition) is 2. The Morgan fingerprint density at radius 2 is 1.71 bits per heavy atom. The van der Waals surface area contributed by atoms with Crippen molar-refractivity contribution < 1.29 is 14.5 Å². The first-order valence-corrected chi connectivity index (χ1v) is 10.2. The molecule has 28 heavy (non-hydrogen) atoms. The molecule has 2 amide bonds. The zero-order valence-electron chi connectivity index (χ0n) is 15.7. The number of anilines is 1. The molecule has 0 saturated heterocycles. The second-order valence-corrected chi connectivity index (χ2v) is 9.26. The summed E-state index contributed by atoms with van der Waals surface area (Å²) in [6.45, 7) is 2.01. The van der Waals surface area contributed by atoms with Gasteiger partial charge in [0.05, 0.1) is 4.92 Å². The number of amides is 2. The lowest BCUT2D eigenvalue weighted by Gasteiger charge is -2.59. The molecule has 0 aliphatic heterocycles. The van der Waals surface area contributed by atoms with Crippen LogP contribution in [0.5, 0.6) is 0 Å². The third-order valence-electron chi connectivity index (χ3n) is 6.96. The molecular formula is C20H24ClN3O4. The molecule has 0 aromatic heterocycles. The molecule has 2 N–H and O–H groups in total. The van der Waals surface area contributed by atoms with Crippen molar-refractivity contribution in [1.29, 1.82) is 0 Å². The zero-order valence-corrected chi connectivity index (χ0v) is 16.5. The molecule has 1 atom stereocenters. The van der Waals surface area contributed by atoms with Crippen molar-refractivity contribution in [2.75, 3.05) is 5.32 Å². The van der Waals surface area contributed by atoms with Crippen molar-refractivity contribution in [3.05, 3.63) is 33.3 Å². The van der Waals surface area contributed by atoms with Crippen LogP contribution in [0.1, 0.15) is 45.4 Å². The molecular weight excluding hydrogens is 382 g/mol. The molecule has 7 nitrogen and oxygen atoms in total. The largest absolute Gasteiger partial charge is 0.345 e. The first-order chi connectivity index (χ1) is 13.3. The first kappa shape index (κ1) is 19.2. The van der Waals surface area contributed by atoms with E-state index < -0.39 is 16.7 Å². The van der Waals surface area contributed by atoms with Crippen LogP contribution in [0.2, 0.25) is 5.02 Å². The highest BCUT2D eigenvalue weighted by Gasteiger charge is 2.53. The average molecular weight is 406 g/mol. The van der Waals surface area contributed by atoms with E-state index in [0.717, 1.165) is 43.1 Å². The van der Waals surface area contributed by atoms with E-state index in [4.69, 9.17) is 11.6 Å². The number of nitrogens with one attached hydrogen (secondary N) is 2. The summed E-state index contributed by atoms with van der Waals surface area (Å²) >= 11 is 5.78. The number of nitro groups is 1. The Hall–Kier alpha value is -2.15. The van der Waals surface area contributed by atoms with Crippen molar-refractivity contribution in [3.63, 3.8) is 0 Å². The van der Waals surface area contributed by atoms with Crippen LogP contribution in [0, 0.1) is 33.3 Å². The molecule has 1 aromatic rings. The fourth-order valence-electron chi connectivity index (χ4n) is 6.04. The lowest BCUT2D eigenvalue weighted by molar-refractivity contribution is -0.384. The van der Waals surface area contributed by atoms with Gasteiger partial charge in [-0.15, -0.1) is 0 Å². The van der Waals surface area contributed by atoms with Gasteiger partial charge in [-0.05, 0) is 80.8 Å². The third-order valence-corrected chi connectivity index (χ3v) is 7.28. The van der Waals surface area contributed by atoms with Crippen LogP contribution in [0.4, 0.5) is 11.4 Å². The summed E-state index contributed by atoms with van der Waals surface area (Å²) in [5.41, 5.74) is -0.0514. The summed E-state index contributed by atoms with van der Waals surface area (Å²) in [7, 11) is 0. The molecule has 0 spiro atoms. The Balaban J connectivity index is 1.40. The number of benzene rings is 1. The fourth-order valence-corrected chi connectivity index (χ4v) is 6.23. The van der Waals surface area contributed by atoms with E-state index in [0.29, 0.717) is 0 Å². The predicted octanol–water partition coefficient (Wildman–Crippen LogP) is 3.91. The molecule has 0 heterocycles. The standard InChI is InChI=1S/C20H24ClN3O4/c1-11(20-8-12-4-13(9-20)6-14(5-12)10-20)22-18(25)19(26)23-15-2-3-16(21)17(7-15)24(27)28/h2-3,7,11-14H,4-6,8-10H2,1H3,(H,22,25)(H,23,26). The smallest absolute Gasteiger partial charge is 0.313 e. The van der Waals surface area contributed by atoms with Crippen molar-refractivity contribution in [1.82, 2.24) is 5.32 Å². The van der Waals surface area contributed by atoms with E-state index in [2.05, 4.69) is 10.6 Å². The van der Waals surface area contributed by atoms with Gasteiger partial charge in [0.2, 0.25) is 0 Å². The quantitative estimate of drug-likeness (QED) is 0.450. The number of nitro benzene ring substituents is 1. The van der Waals surface area contributed by atoms with Gasteiger partial charge in [-0.2, -0.15) is 0 Å². The molecule has 4 bridgehead atoms. The number of hydrogen-bond acceptors (Lipinski definition) is 4. The zero-order chi connectivity index (χ0) is 20.1. The van der Waals surface area contributed by atoms with Gasteiger partial charge in [0.25, 0.3) is 5.69 Å². The molecule has 4 fully saturated rings. The number of carbonyl (C=O) groups is 2. The highest BCUT2D eigenvalue weighted by molar-refractivity contribution is 6.39. The first-order valence-electron chi connectivity index (χ1n) is 9.81. The normalized spacial score (nSPS) is 31.3. The summed E-state index contributed by atoms with van der Waals surface area (Å²) in [6.07, 6.45) is 7.34. The van der Waals surface area contributed by atoms with Crippen molar-refractivity contribution >= 4 is 34.8 Å². The van der Waals surface area contributed by atoms with Gasteiger partial charge in [0.15, 0.2) is 0 Å². The molecule has 5 rings (SSSR count). The van der Waals surface area contributed by atoms with Crippen LogP contribution in [-0.4, -0.2) is 22.8 Å². The lowest BCUT2D eigenvalue weighted by Crippen LogP contribution is -2.57. The minimum Gasteiger partial charge on any atom is -0.345 e. The Morgan fingerprint density at radius 3 is 2.25 bits per heavy atom. The topological polar surface area (TPSA) is 101 Å². The van der Waals surface area contributed by atoms with E-state index in [1.807, 2.05) is 6.92 Å². The maximum atomic E-state index is 12.5. The summed E-state index contributed by atoms with van der Waals surface area (Å²) in [6, 6.07) is 3.84. The van der Waals surface area contributed by atoms with Gasteiger partial charge >= 0.3 is 11.8 Å². The van der Waals surface area contributed by atoms with E-state index >= 15 is 0 Å². The SMILES string of the molecule is CC(NC(=O)C(=O)Nc1ccc(Cl)c([N+](=O)[O-])c1)C12CC3CC(CC(C3)C1)C2. The van der Waals surface area contributed by atoms with Crippen LogP contribution in [0.15, 0.2) is 18.2 Å². The van der Waals surface area contributed by atoms with Crippen LogP contribution >= 0.6 is 11.6 Å². The van der Waals surface area contributed by atoms with Gasteiger partial charge in [0.1, 0.15) is 5.02 Å². The highest BCUT2D eigenvalue weighted by atomic mass is 35.5. The monoisotopic (exact) mass is 405 g/mol. The maximum absolute atomic E-state index is 12.5. The van der Waals surface area contributed by atoms with Gasteiger partial charge in [-0.25, -0.2) is 0 Å². The molecule has 4 aliphatic carbocycles. The van der Waals surface area contributed by atoms with Crippen LogP contribution < -0.4 is 10.6 Å². The average Bonchev–Trinajstić information content (AvgIpc) is 2.61. The minimum atomic E-state index is -0.826. The Bertz CT molecular complexity index is 805. The second kappa shape index (κ2) is 7.03. The molecule has 1 aromatic carbocycles. The van der Waals surface area contributed by atoms with Gasteiger partial charge in [0, 0.05) is 17.8 Å². The second-order valence-electron chi connectivity index (χ2n) is 8.85. The summed E-state index contributed by atoms with van der Waals surface area (Å²) in [4.78, 5) is 35.1. The number of halogens is 1. The van der Waals surface area contributed by atoms with Crippen molar-refractivity contribution in [2.24, 2.45) is 23.2 Å². The third kappa shape index (κ3) is 3.48. The van der Waals surface area contributed by atoms with E-state index in [9.17, 15) is 19.7 Å². The highest BCUT2D eigenvalue weighted by Crippen LogP contribution is 2.61. The van der Waals surface area contributed by atoms with Gasteiger partial charge < -0.3 is 10.6 Å². The predicted molar refractivity (Wildman–Crippen MR) is 105 cm³/mol. The number of nitrogens with zero attached hydrogens (tertiary/aromatic N) is 1. The Labute approximate surface area is 168 Å². The van der Waals surface area contributed by atoms with E-state index in [1.165, 1.54) is 31.4 Å². The molecule has 150 valence electrons. The minimum absolute atomic E-state index is 0.0251. The maximum Gasteiger partial charge on any atom is 0.313 e. The summed E-state index contributed by atoms with van der Waals surface area (Å²) in [5.74, 6) is 0.742. The van der Waals surface area contributed by atoms with E-state index in [1.54, 1.807) is 0 Å². The molecule has 1 unspecified atom stereocenters. The van der Waals surface area contributed by atoms with Gasteiger partial charge in [-0.3, -0.25) is 19.7 Å². The van der Waals surface area contributed by atoms with Crippen LogP contribution in [-0.2, 0) is 9.59 Å². The fraction of sp³-hybridized carbons (Fsp3) is 0.600.